The normalized spacial score (nSPS) is 16.9. The molecule has 5 rings (SSSR count). The summed E-state index contributed by atoms with van der Waals surface area (Å²) in [6, 6.07) is 32.3. The molecule has 172 valence electrons. The molecule has 0 aliphatic carbocycles. The quantitative estimate of drug-likeness (QED) is 0.361. The van der Waals surface area contributed by atoms with Gasteiger partial charge in [0.15, 0.2) is 0 Å². The molecule has 1 fully saturated rings. The van der Waals surface area contributed by atoms with Crippen LogP contribution in [0.2, 0.25) is 0 Å². The summed E-state index contributed by atoms with van der Waals surface area (Å²) in [5, 5.41) is 3.46. The standard InChI is InChI=1S/C29H28N2O3/c1-3-9-24(10-4-1)29(25-11-5-2-6-12-25)33-22-26(34-29)21-31-19-20-32-28-14-8-7-13-27(28)23-15-17-30-18-16-23/h1-18,26,31H,19-22H2/t26-/m0/s1. The van der Waals surface area contributed by atoms with Crippen LogP contribution in [0.15, 0.2) is 109 Å². The Kier molecular flexibility index (Phi) is 6.96. The third-order valence-electron chi connectivity index (χ3n) is 5.90. The maximum absolute atomic E-state index is 6.53. The number of pyridine rings is 1. The van der Waals surface area contributed by atoms with Crippen molar-refractivity contribution in [3.63, 3.8) is 0 Å². The summed E-state index contributed by atoms with van der Waals surface area (Å²) >= 11 is 0. The topological polar surface area (TPSA) is 52.6 Å². The average molecular weight is 453 g/mol. The maximum atomic E-state index is 6.53. The van der Waals surface area contributed by atoms with Crippen LogP contribution in [0.25, 0.3) is 11.1 Å². The summed E-state index contributed by atoms with van der Waals surface area (Å²) in [5.74, 6) is -0.0161. The number of aromatic nitrogens is 1. The van der Waals surface area contributed by atoms with E-state index in [9.17, 15) is 0 Å². The first-order valence-corrected chi connectivity index (χ1v) is 11.6. The van der Waals surface area contributed by atoms with Crippen molar-refractivity contribution in [3.05, 3.63) is 121 Å². The number of hydrogen-bond acceptors (Lipinski definition) is 5. The lowest BCUT2D eigenvalue weighted by Crippen LogP contribution is -2.34. The minimum atomic E-state index is -0.880. The molecule has 1 aromatic heterocycles. The summed E-state index contributed by atoms with van der Waals surface area (Å²) in [6.07, 6.45) is 3.52. The van der Waals surface area contributed by atoms with E-state index in [0.29, 0.717) is 26.3 Å². The predicted octanol–water partition coefficient (Wildman–Crippen LogP) is 5.03. The van der Waals surface area contributed by atoms with E-state index in [1.807, 2.05) is 66.7 Å². The zero-order valence-electron chi connectivity index (χ0n) is 19.0. The second-order valence-corrected chi connectivity index (χ2v) is 8.18. The molecule has 4 aromatic rings. The van der Waals surface area contributed by atoms with E-state index in [4.69, 9.17) is 14.2 Å². The molecule has 0 spiro atoms. The maximum Gasteiger partial charge on any atom is 0.222 e. The van der Waals surface area contributed by atoms with Gasteiger partial charge in [0.05, 0.1) is 12.7 Å². The second-order valence-electron chi connectivity index (χ2n) is 8.18. The first-order chi connectivity index (χ1) is 16.9. The van der Waals surface area contributed by atoms with E-state index in [0.717, 1.165) is 28.0 Å². The third-order valence-corrected chi connectivity index (χ3v) is 5.90. The van der Waals surface area contributed by atoms with Crippen molar-refractivity contribution in [3.8, 4) is 16.9 Å². The molecular weight excluding hydrogens is 424 g/mol. The molecule has 1 aliphatic rings. The van der Waals surface area contributed by atoms with Crippen LogP contribution >= 0.6 is 0 Å². The van der Waals surface area contributed by atoms with Gasteiger partial charge < -0.3 is 19.5 Å². The van der Waals surface area contributed by atoms with Gasteiger partial charge in [0, 0.05) is 42.2 Å². The molecule has 0 unspecified atom stereocenters. The van der Waals surface area contributed by atoms with Crippen molar-refractivity contribution in [2.24, 2.45) is 0 Å². The number of benzene rings is 3. The highest BCUT2D eigenvalue weighted by atomic mass is 16.7. The Morgan fingerprint density at radius 1 is 0.824 bits per heavy atom. The first kappa shape index (κ1) is 22.3. The third kappa shape index (κ3) is 4.87. The molecule has 1 saturated heterocycles. The van der Waals surface area contributed by atoms with E-state index < -0.39 is 5.79 Å². The lowest BCUT2D eigenvalue weighted by Gasteiger charge is -2.29. The van der Waals surface area contributed by atoms with E-state index in [-0.39, 0.29) is 6.10 Å². The van der Waals surface area contributed by atoms with Crippen molar-refractivity contribution in [2.45, 2.75) is 11.9 Å². The minimum Gasteiger partial charge on any atom is -0.492 e. The molecular formula is C29H28N2O3. The number of rotatable bonds is 9. The van der Waals surface area contributed by atoms with E-state index in [2.05, 4.69) is 40.6 Å². The first-order valence-electron chi connectivity index (χ1n) is 11.6. The summed E-state index contributed by atoms with van der Waals surface area (Å²) in [7, 11) is 0. The van der Waals surface area contributed by atoms with Gasteiger partial charge in [-0.3, -0.25) is 4.98 Å². The molecule has 0 bridgehead atoms. The predicted molar refractivity (Wildman–Crippen MR) is 133 cm³/mol. The number of nitrogens with zero attached hydrogens (tertiary/aromatic N) is 1. The smallest absolute Gasteiger partial charge is 0.222 e. The minimum absolute atomic E-state index is 0.0653. The Morgan fingerprint density at radius 2 is 1.47 bits per heavy atom. The fourth-order valence-electron chi connectivity index (χ4n) is 4.26. The van der Waals surface area contributed by atoms with Crippen molar-refractivity contribution >= 4 is 0 Å². The molecule has 34 heavy (non-hydrogen) atoms. The second kappa shape index (κ2) is 10.6. The van der Waals surface area contributed by atoms with Crippen LogP contribution in [0.1, 0.15) is 11.1 Å². The summed E-state index contributed by atoms with van der Waals surface area (Å²) in [5.41, 5.74) is 4.15. The number of para-hydroxylation sites is 1. The monoisotopic (exact) mass is 452 g/mol. The summed E-state index contributed by atoms with van der Waals surface area (Å²) in [4.78, 5) is 4.10. The van der Waals surface area contributed by atoms with E-state index in [1.54, 1.807) is 12.4 Å². The Morgan fingerprint density at radius 3 is 2.18 bits per heavy atom. The Balaban J connectivity index is 1.17. The highest BCUT2D eigenvalue weighted by molar-refractivity contribution is 5.69. The van der Waals surface area contributed by atoms with Crippen molar-refractivity contribution < 1.29 is 14.2 Å². The summed E-state index contributed by atoms with van der Waals surface area (Å²) in [6.45, 7) is 2.45. The van der Waals surface area contributed by atoms with Gasteiger partial charge >= 0.3 is 0 Å². The van der Waals surface area contributed by atoms with Crippen LogP contribution in [-0.4, -0.2) is 37.4 Å². The van der Waals surface area contributed by atoms with Crippen LogP contribution in [0.5, 0.6) is 5.75 Å². The Hall–Kier alpha value is -3.51. The van der Waals surface area contributed by atoms with Gasteiger partial charge in [-0.05, 0) is 23.8 Å². The zero-order chi connectivity index (χ0) is 23.1. The average Bonchev–Trinajstić information content (AvgIpc) is 3.36. The van der Waals surface area contributed by atoms with Gasteiger partial charge in [0.2, 0.25) is 5.79 Å². The number of nitrogens with one attached hydrogen (secondary N) is 1. The number of ether oxygens (including phenoxy) is 3. The molecule has 0 amide bonds. The highest BCUT2D eigenvalue weighted by Gasteiger charge is 2.44. The van der Waals surface area contributed by atoms with E-state index in [1.165, 1.54) is 0 Å². The van der Waals surface area contributed by atoms with Crippen LogP contribution in [0, 0.1) is 0 Å². The van der Waals surface area contributed by atoms with Gasteiger partial charge in [-0.15, -0.1) is 0 Å². The SMILES string of the molecule is c1ccc(C2(c3ccccc3)OC[C@H](CNCCOc3ccccc3-c3ccncc3)O2)cc1. The van der Waals surface area contributed by atoms with Gasteiger partial charge in [-0.25, -0.2) is 0 Å². The molecule has 5 heteroatoms. The van der Waals surface area contributed by atoms with Crippen LogP contribution in [-0.2, 0) is 15.3 Å². The Labute approximate surface area is 200 Å². The van der Waals surface area contributed by atoms with Crippen molar-refractivity contribution in [1.82, 2.24) is 10.3 Å². The van der Waals surface area contributed by atoms with Crippen LogP contribution in [0.3, 0.4) is 0 Å². The molecule has 1 N–H and O–H groups in total. The zero-order valence-corrected chi connectivity index (χ0v) is 19.0. The molecule has 1 aliphatic heterocycles. The molecule has 0 radical (unpaired) electrons. The largest absolute Gasteiger partial charge is 0.492 e. The summed E-state index contributed by atoms with van der Waals surface area (Å²) < 4.78 is 18.9. The molecule has 2 heterocycles. The van der Waals surface area contributed by atoms with Gasteiger partial charge in [-0.1, -0.05) is 78.9 Å². The van der Waals surface area contributed by atoms with Crippen LogP contribution in [0.4, 0.5) is 0 Å². The highest BCUT2D eigenvalue weighted by Crippen LogP contribution is 2.40. The lowest BCUT2D eigenvalue weighted by atomic mass is 9.97. The van der Waals surface area contributed by atoms with E-state index >= 15 is 0 Å². The fourth-order valence-corrected chi connectivity index (χ4v) is 4.26. The molecule has 1 atom stereocenters. The molecule has 3 aromatic carbocycles. The van der Waals surface area contributed by atoms with Crippen molar-refractivity contribution in [1.29, 1.82) is 0 Å². The van der Waals surface area contributed by atoms with Crippen LogP contribution < -0.4 is 10.1 Å². The van der Waals surface area contributed by atoms with Gasteiger partial charge in [-0.2, -0.15) is 0 Å². The Bertz CT molecular complexity index is 1130. The molecule has 0 saturated carbocycles. The van der Waals surface area contributed by atoms with Gasteiger partial charge in [0.1, 0.15) is 12.4 Å². The lowest BCUT2D eigenvalue weighted by molar-refractivity contribution is -0.142. The number of hydrogen-bond donors (Lipinski definition) is 1. The van der Waals surface area contributed by atoms with Crippen molar-refractivity contribution in [2.75, 3.05) is 26.3 Å². The molecule has 5 nitrogen and oxygen atoms in total. The fraction of sp³-hybridized carbons (Fsp3) is 0.207. The van der Waals surface area contributed by atoms with Gasteiger partial charge in [0.25, 0.3) is 0 Å².